The molecule has 0 bridgehead atoms. The third kappa shape index (κ3) is 3.53. The zero-order valence-electron chi connectivity index (χ0n) is 11.8. The van der Waals surface area contributed by atoms with Crippen molar-refractivity contribution in [3.8, 4) is 0 Å². The SMILES string of the molecule is CNCc1sc(CCN2CCCCC2C)nc1C. The van der Waals surface area contributed by atoms with Gasteiger partial charge in [0, 0.05) is 30.4 Å². The van der Waals surface area contributed by atoms with Crippen LogP contribution in [0.15, 0.2) is 0 Å². The van der Waals surface area contributed by atoms with Gasteiger partial charge in [-0.3, -0.25) is 0 Å². The number of thiazole rings is 1. The molecule has 102 valence electrons. The average Bonchev–Trinajstić information content (AvgIpc) is 2.70. The minimum Gasteiger partial charge on any atom is -0.315 e. The maximum atomic E-state index is 4.69. The Labute approximate surface area is 115 Å². The molecule has 1 aromatic rings. The maximum absolute atomic E-state index is 4.69. The van der Waals surface area contributed by atoms with Gasteiger partial charge in [0.25, 0.3) is 0 Å². The van der Waals surface area contributed by atoms with Crippen molar-refractivity contribution in [2.45, 2.75) is 52.1 Å². The fourth-order valence-electron chi connectivity index (χ4n) is 2.65. The zero-order chi connectivity index (χ0) is 13.0. The molecule has 0 saturated carbocycles. The third-order valence-electron chi connectivity index (χ3n) is 3.83. The summed E-state index contributed by atoms with van der Waals surface area (Å²) in [7, 11) is 1.99. The van der Waals surface area contributed by atoms with Crippen LogP contribution < -0.4 is 5.32 Å². The van der Waals surface area contributed by atoms with Gasteiger partial charge in [-0.25, -0.2) is 4.98 Å². The molecule has 3 nitrogen and oxygen atoms in total. The Morgan fingerprint density at radius 1 is 1.44 bits per heavy atom. The molecule has 1 aliphatic heterocycles. The van der Waals surface area contributed by atoms with Crippen molar-refractivity contribution in [3.05, 3.63) is 15.6 Å². The number of piperidine rings is 1. The first-order valence-corrected chi connectivity index (χ1v) is 7.86. The fourth-order valence-corrected chi connectivity index (χ4v) is 3.72. The van der Waals surface area contributed by atoms with Crippen LogP contribution in [-0.4, -0.2) is 36.1 Å². The van der Waals surface area contributed by atoms with E-state index in [0.717, 1.165) is 19.0 Å². The maximum Gasteiger partial charge on any atom is 0.0944 e. The molecule has 1 unspecified atom stereocenters. The van der Waals surface area contributed by atoms with E-state index >= 15 is 0 Å². The number of nitrogens with zero attached hydrogens (tertiary/aromatic N) is 2. The van der Waals surface area contributed by atoms with Gasteiger partial charge in [0.05, 0.1) is 10.7 Å². The topological polar surface area (TPSA) is 28.2 Å². The summed E-state index contributed by atoms with van der Waals surface area (Å²) >= 11 is 1.87. The third-order valence-corrected chi connectivity index (χ3v) is 5.04. The zero-order valence-corrected chi connectivity index (χ0v) is 12.6. The summed E-state index contributed by atoms with van der Waals surface area (Å²) in [5.74, 6) is 0. The highest BCUT2D eigenvalue weighted by Gasteiger charge is 2.18. The smallest absolute Gasteiger partial charge is 0.0944 e. The van der Waals surface area contributed by atoms with Crippen molar-refractivity contribution >= 4 is 11.3 Å². The molecule has 0 aromatic carbocycles. The molecule has 1 aliphatic rings. The standard InChI is InChI=1S/C14H25N3S/c1-11-6-4-5-8-17(11)9-7-14-16-12(2)13(18-14)10-15-3/h11,15H,4-10H2,1-3H3. The van der Waals surface area contributed by atoms with E-state index in [4.69, 9.17) is 4.98 Å². The number of likely N-dealkylation sites (tertiary alicyclic amines) is 1. The Bertz CT molecular complexity index is 375. The van der Waals surface area contributed by atoms with E-state index in [9.17, 15) is 0 Å². The van der Waals surface area contributed by atoms with E-state index in [1.807, 2.05) is 18.4 Å². The molecule has 18 heavy (non-hydrogen) atoms. The quantitative estimate of drug-likeness (QED) is 0.889. The Hall–Kier alpha value is -0.450. The summed E-state index contributed by atoms with van der Waals surface area (Å²) in [4.78, 5) is 8.70. The summed E-state index contributed by atoms with van der Waals surface area (Å²) in [5.41, 5.74) is 1.20. The molecule has 1 atom stereocenters. The van der Waals surface area contributed by atoms with E-state index < -0.39 is 0 Å². The van der Waals surface area contributed by atoms with Crippen LogP contribution in [0.5, 0.6) is 0 Å². The number of rotatable bonds is 5. The lowest BCUT2D eigenvalue weighted by Crippen LogP contribution is -2.38. The molecule has 1 aromatic heterocycles. The van der Waals surface area contributed by atoms with Gasteiger partial charge >= 0.3 is 0 Å². The molecular formula is C14H25N3S. The molecule has 1 saturated heterocycles. The normalized spacial score (nSPS) is 21.4. The van der Waals surface area contributed by atoms with Crippen molar-refractivity contribution in [2.24, 2.45) is 0 Å². The first-order valence-electron chi connectivity index (χ1n) is 7.04. The van der Waals surface area contributed by atoms with Crippen LogP contribution in [-0.2, 0) is 13.0 Å². The first kappa shape index (κ1) is 14.0. The van der Waals surface area contributed by atoms with Crippen LogP contribution >= 0.6 is 11.3 Å². The van der Waals surface area contributed by atoms with E-state index in [1.165, 1.54) is 47.9 Å². The van der Waals surface area contributed by atoms with Gasteiger partial charge < -0.3 is 10.2 Å². The predicted octanol–water partition coefficient (Wildman–Crippen LogP) is 2.59. The number of hydrogen-bond acceptors (Lipinski definition) is 4. The Morgan fingerprint density at radius 2 is 2.28 bits per heavy atom. The van der Waals surface area contributed by atoms with Crippen LogP contribution in [0, 0.1) is 6.92 Å². The molecule has 1 N–H and O–H groups in total. The molecule has 2 rings (SSSR count). The van der Waals surface area contributed by atoms with Crippen LogP contribution in [0.4, 0.5) is 0 Å². The van der Waals surface area contributed by atoms with E-state index in [-0.39, 0.29) is 0 Å². The van der Waals surface area contributed by atoms with Crippen molar-refractivity contribution in [2.75, 3.05) is 20.1 Å². The Morgan fingerprint density at radius 3 is 3.00 bits per heavy atom. The summed E-state index contributed by atoms with van der Waals surface area (Å²) in [6.45, 7) is 7.88. The monoisotopic (exact) mass is 267 g/mol. The summed E-state index contributed by atoms with van der Waals surface area (Å²) in [6, 6.07) is 0.761. The van der Waals surface area contributed by atoms with Gasteiger partial charge in [-0.2, -0.15) is 0 Å². The van der Waals surface area contributed by atoms with Gasteiger partial charge in [-0.05, 0) is 40.3 Å². The minimum atomic E-state index is 0.761. The van der Waals surface area contributed by atoms with E-state index in [1.54, 1.807) is 0 Å². The molecule has 1 fully saturated rings. The van der Waals surface area contributed by atoms with Gasteiger partial charge in [-0.15, -0.1) is 11.3 Å². The second-order valence-electron chi connectivity index (χ2n) is 5.28. The van der Waals surface area contributed by atoms with Crippen LogP contribution in [0.25, 0.3) is 0 Å². The molecule has 0 spiro atoms. The molecule has 2 heterocycles. The molecule has 0 radical (unpaired) electrons. The predicted molar refractivity (Wildman–Crippen MR) is 78.2 cm³/mol. The van der Waals surface area contributed by atoms with Gasteiger partial charge in [-0.1, -0.05) is 6.42 Å². The van der Waals surface area contributed by atoms with Crippen molar-refractivity contribution in [1.29, 1.82) is 0 Å². The van der Waals surface area contributed by atoms with E-state index in [2.05, 4.69) is 24.1 Å². The molecule has 0 aliphatic carbocycles. The lowest BCUT2D eigenvalue weighted by molar-refractivity contribution is 0.163. The van der Waals surface area contributed by atoms with Gasteiger partial charge in [0.1, 0.15) is 0 Å². The summed E-state index contributed by atoms with van der Waals surface area (Å²) < 4.78 is 0. The second kappa shape index (κ2) is 6.64. The average molecular weight is 267 g/mol. The van der Waals surface area contributed by atoms with Crippen LogP contribution in [0.2, 0.25) is 0 Å². The van der Waals surface area contributed by atoms with Gasteiger partial charge in [0.15, 0.2) is 0 Å². The van der Waals surface area contributed by atoms with Crippen LogP contribution in [0.1, 0.15) is 41.8 Å². The van der Waals surface area contributed by atoms with Crippen molar-refractivity contribution in [3.63, 3.8) is 0 Å². The highest BCUT2D eigenvalue weighted by molar-refractivity contribution is 7.11. The highest BCUT2D eigenvalue weighted by atomic mass is 32.1. The summed E-state index contributed by atoms with van der Waals surface area (Å²) in [5, 5.41) is 4.51. The molecule has 0 amide bonds. The second-order valence-corrected chi connectivity index (χ2v) is 6.45. The molecular weight excluding hydrogens is 242 g/mol. The Balaban J connectivity index is 1.87. The van der Waals surface area contributed by atoms with Crippen molar-refractivity contribution in [1.82, 2.24) is 15.2 Å². The largest absolute Gasteiger partial charge is 0.315 e. The Kier molecular flexibility index (Phi) is 5.15. The van der Waals surface area contributed by atoms with Crippen LogP contribution in [0.3, 0.4) is 0 Å². The lowest BCUT2D eigenvalue weighted by Gasteiger charge is -2.33. The van der Waals surface area contributed by atoms with Gasteiger partial charge in [0.2, 0.25) is 0 Å². The molecule has 4 heteroatoms. The number of aryl methyl sites for hydroxylation is 1. The number of nitrogens with one attached hydrogen (secondary N) is 1. The van der Waals surface area contributed by atoms with Crippen molar-refractivity contribution < 1.29 is 0 Å². The number of hydrogen-bond donors (Lipinski definition) is 1. The number of aromatic nitrogens is 1. The summed E-state index contributed by atoms with van der Waals surface area (Å²) in [6.07, 6.45) is 5.24. The highest BCUT2D eigenvalue weighted by Crippen LogP contribution is 2.20. The fraction of sp³-hybridized carbons (Fsp3) is 0.786. The lowest BCUT2D eigenvalue weighted by atomic mass is 10.0. The minimum absolute atomic E-state index is 0.761. The van der Waals surface area contributed by atoms with E-state index in [0.29, 0.717) is 0 Å². The first-order chi connectivity index (χ1) is 8.70.